The maximum Gasteiger partial charge on any atom is 0.339 e. The van der Waals surface area contributed by atoms with Crippen LogP contribution in [0.4, 0.5) is 5.69 Å². The minimum Gasteiger partial charge on any atom is -0.462 e. The van der Waals surface area contributed by atoms with Crippen LogP contribution in [0, 0.1) is 10.1 Å². The Morgan fingerprint density at radius 1 is 1.42 bits per heavy atom. The molecule has 2 rings (SSSR count). The molecule has 1 heterocycles. The fourth-order valence-corrected chi connectivity index (χ4v) is 2.35. The Labute approximate surface area is 113 Å². The number of carbonyl (C=O) groups excluding carboxylic acids is 1. The van der Waals surface area contributed by atoms with Gasteiger partial charge in [0.2, 0.25) is 0 Å². The molecule has 0 amide bonds. The highest BCUT2D eigenvalue weighted by Gasteiger charge is 2.18. The molecule has 0 radical (unpaired) electrons. The van der Waals surface area contributed by atoms with Crippen molar-refractivity contribution in [3.8, 4) is 11.1 Å². The number of benzene rings is 1. The number of non-ortho nitro benzene ring substituents is 1. The summed E-state index contributed by atoms with van der Waals surface area (Å²) in [5.74, 6) is -0.549. The van der Waals surface area contributed by atoms with E-state index in [0.29, 0.717) is 5.56 Å². The Bertz CT molecular complexity index is 607. The predicted molar refractivity (Wildman–Crippen MR) is 72.4 cm³/mol. The van der Waals surface area contributed by atoms with Crippen molar-refractivity contribution in [3.63, 3.8) is 0 Å². The lowest BCUT2D eigenvalue weighted by Gasteiger charge is -2.07. The number of esters is 1. The van der Waals surface area contributed by atoms with Gasteiger partial charge >= 0.3 is 5.97 Å². The number of nitro groups is 1. The predicted octanol–water partition coefficient (Wildman–Crippen LogP) is 3.50. The van der Waals surface area contributed by atoms with E-state index in [9.17, 15) is 14.9 Å². The van der Waals surface area contributed by atoms with E-state index in [1.807, 2.05) is 16.8 Å². The average molecular weight is 277 g/mol. The average Bonchev–Trinajstić information content (AvgIpc) is 2.92. The van der Waals surface area contributed by atoms with E-state index in [1.165, 1.54) is 23.5 Å². The second-order valence-electron chi connectivity index (χ2n) is 3.72. The van der Waals surface area contributed by atoms with Crippen molar-refractivity contribution >= 4 is 23.0 Å². The molecule has 98 valence electrons. The minimum absolute atomic E-state index is 0.123. The van der Waals surface area contributed by atoms with Crippen LogP contribution >= 0.6 is 11.3 Å². The summed E-state index contributed by atoms with van der Waals surface area (Å²) in [5, 5.41) is 14.5. The highest BCUT2D eigenvalue weighted by atomic mass is 32.1. The molecule has 0 aliphatic rings. The van der Waals surface area contributed by atoms with Gasteiger partial charge in [0.1, 0.15) is 0 Å². The van der Waals surface area contributed by atoms with Crippen LogP contribution in [0.5, 0.6) is 0 Å². The van der Waals surface area contributed by atoms with E-state index in [2.05, 4.69) is 0 Å². The molecule has 0 fully saturated rings. The van der Waals surface area contributed by atoms with Crippen molar-refractivity contribution in [2.24, 2.45) is 0 Å². The topological polar surface area (TPSA) is 69.4 Å². The fraction of sp³-hybridized carbons (Fsp3) is 0.154. The molecule has 0 atom stereocenters. The third kappa shape index (κ3) is 2.79. The third-order valence-electron chi connectivity index (χ3n) is 2.54. The molecule has 2 aromatic rings. The lowest BCUT2D eigenvalue weighted by atomic mass is 10.0. The van der Waals surface area contributed by atoms with Crippen LogP contribution in [0.1, 0.15) is 17.3 Å². The van der Waals surface area contributed by atoms with Crippen LogP contribution in [0.3, 0.4) is 0 Å². The summed E-state index contributed by atoms with van der Waals surface area (Å²) in [6.07, 6.45) is 0. The first-order valence-corrected chi connectivity index (χ1v) is 6.56. The number of thiophene rings is 1. The van der Waals surface area contributed by atoms with Gasteiger partial charge < -0.3 is 4.74 Å². The van der Waals surface area contributed by atoms with Crippen molar-refractivity contribution in [1.29, 1.82) is 0 Å². The van der Waals surface area contributed by atoms with E-state index in [-0.39, 0.29) is 17.9 Å². The zero-order chi connectivity index (χ0) is 13.8. The van der Waals surface area contributed by atoms with Gasteiger partial charge in [-0.1, -0.05) is 0 Å². The van der Waals surface area contributed by atoms with Crippen LogP contribution in [0.15, 0.2) is 35.0 Å². The normalized spacial score (nSPS) is 10.2. The third-order valence-corrected chi connectivity index (χ3v) is 3.22. The summed E-state index contributed by atoms with van der Waals surface area (Å²) in [6, 6.07) is 6.07. The number of rotatable bonds is 4. The zero-order valence-electron chi connectivity index (χ0n) is 10.2. The van der Waals surface area contributed by atoms with Gasteiger partial charge in [-0.3, -0.25) is 10.1 Å². The van der Waals surface area contributed by atoms with Crippen molar-refractivity contribution in [2.45, 2.75) is 6.92 Å². The molecule has 1 aromatic heterocycles. The van der Waals surface area contributed by atoms with Crippen LogP contribution in [-0.2, 0) is 4.74 Å². The second kappa shape index (κ2) is 5.62. The zero-order valence-corrected chi connectivity index (χ0v) is 11.0. The fourth-order valence-electron chi connectivity index (χ4n) is 1.69. The van der Waals surface area contributed by atoms with Gasteiger partial charge in [-0.25, -0.2) is 4.79 Å². The lowest BCUT2D eigenvalue weighted by molar-refractivity contribution is -0.384. The lowest BCUT2D eigenvalue weighted by Crippen LogP contribution is -2.07. The Morgan fingerprint density at radius 2 is 2.21 bits per heavy atom. The van der Waals surface area contributed by atoms with Crippen LogP contribution in [0.25, 0.3) is 11.1 Å². The highest BCUT2D eigenvalue weighted by Crippen LogP contribution is 2.29. The molecule has 0 aliphatic carbocycles. The Hall–Kier alpha value is -2.21. The SMILES string of the molecule is CCOC(=O)c1cc([N+](=O)[O-])ccc1-c1ccsc1. The molecule has 0 bridgehead atoms. The molecular formula is C13H11NO4S. The Kier molecular flexibility index (Phi) is 3.91. The van der Waals surface area contributed by atoms with Gasteiger partial charge in [0.05, 0.1) is 17.1 Å². The Morgan fingerprint density at radius 3 is 2.79 bits per heavy atom. The highest BCUT2D eigenvalue weighted by molar-refractivity contribution is 7.08. The number of hydrogen-bond donors (Lipinski definition) is 0. The summed E-state index contributed by atoms with van der Waals surface area (Å²) >= 11 is 1.49. The van der Waals surface area contributed by atoms with Gasteiger partial charge in [0, 0.05) is 12.1 Å². The maximum atomic E-state index is 11.9. The Balaban J connectivity index is 2.54. The van der Waals surface area contributed by atoms with Gasteiger partial charge in [-0.15, -0.1) is 0 Å². The summed E-state index contributed by atoms with van der Waals surface area (Å²) in [4.78, 5) is 22.2. The van der Waals surface area contributed by atoms with Gasteiger partial charge in [-0.2, -0.15) is 11.3 Å². The maximum absolute atomic E-state index is 11.9. The summed E-state index contributed by atoms with van der Waals surface area (Å²) in [5.41, 5.74) is 1.59. The molecular weight excluding hydrogens is 266 g/mol. The number of ether oxygens (including phenoxy) is 1. The summed E-state index contributed by atoms with van der Waals surface area (Å²) in [6.45, 7) is 1.92. The minimum atomic E-state index is -0.549. The van der Waals surface area contributed by atoms with Crippen molar-refractivity contribution < 1.29 is 14.5 Å². The number of carbonyl (C=O) groups is 1. The first-order valence-electron chi connectivity index (χ1n) is 5.61. The van der Waals surface area contributed by atoms with Gasteiger partial charge in [0.15, 0.2) is 0 Å². The molecule has 0 spiro atoms. The summed E-state index contributed by atoms with van der Waals surface area (Å²) < 4.78 is 4.94. The monoisotopic (exact) mass is 277 g/mol. The quantitative estimate of drug-likeness (QED) is 0.487. The first-order chi connectivity index (χ1) is 9.13. The van der Waals surface area contributed by atoms with Gasteiger partial charge in [0.25, 0.3) is 5.69 Å². The standard InChI is InChI=1S/C13H11NO4S/c1-2-18-13(15)12-7-10(14(16)17)3-4-11(12)9-5-6-19-8-9/h3-8H,2H2,1H3. The second-order valence-corrected chi connectivity index (χ2v) is 4.50. The van der Waals surface area contributed by atoms with E-state index >= 15 is 0 Å². The first kappa shape index (κ1) is 13.2. The van der Waals surface area contributed by atoms with E-state index in [1.54, 1.807) is 13.0 Å². The number of nitrogens with zero attached hydrogens (tertiary/aromatic N) is 1. The van der Waals surface area contributed by atoms with E-state index < -0.39 is 10.9 Å². The van der Waals surface area contributed by atoms with Crippen molar-refractivity contribution in [3.05, 3.63) is 50.7 Å². The van der Waals surface area contributed by atoms with E-state index in [4.69, 9.17) is 4.74 Å². The van der Waals surface area contributed by atoms with E-state index in [0.717, 1.165) is 5.56 Å². The molecule has 0 saturated heterocycles. The van der Waals surface area contributed by atoms with Crippen LogP contribution in [0.2, 0.25) is 0 Å². The molecule has 0 unspecified atom stereocenters. The molecule has 0 N–H and O–H groups in total. The number of nitro benzene ring substituents is 1. The molecule has 5 nitrogen and oxygen atoms in total. The summed E-state index contributed by atoms with van der Waals surface area (Å²) in [7, 11) is 0. The van der Waals surface area contributed by atoms with Crippen molar-refractivity contribution in [1.82, 2.24) is 0 Å². The largest absolute Gasteiger partial charge is 0.462 e. The van der Waals surface area contributed by atoms with Crippen molar-refractivity contribution in [2.75, 3.05) is 6.61 Å². The smallest absolute Gasteiger partial charge is 0.339 e. The van der Waals surface area contributed by atoms with Gasteiger partial charge in [-0.05, 0) is 40.9 Å². The molecule has 1 aromatic carbocycles. The molecule has 0 aliphatic heterocycles. The molecule has 19 heavy (non-hydrogen) atoms. The molecule has 0 saturated carbocycles. The van der Waals surface area contributed by atoms with Crippen LogP contribution in [-0.4, -0.2) is 17.5 Å². The number of hydrogen-bond acceptors (Lipinski definition) is 5. The molecule has 6 heteroatoms. The van der Waals surface area contributed by atoms with Crippen LogP contribution < -0.4 is 0 Å².